The summed E-state index contributed by atoms with van der Waals surface area (Å²) in [6, 6.07) is 0. The number of aliphatic hydroxyl groups is 1. The van der Waals surface area contributed by atoms with Crippen LogP contribution in [0.4, 0.5) is 0 Å². The summed E-state index contributed by atoms with van der Waals surface area (Å²) in [6.45, 7) is 7.71. The van der Waals surface area contributed by atoms with Crippen LogP contribution in [0.2, 0.25) is 0 Å². The molecule has 2 atom stereocenters. The first kappa shape index (κ1) is 10.3. The molecule has 13 heavy (non-hydrogen) atoms. The summed E-state index contributed by atoms with van der Waals surface area (Å²) in [5.74, 6) is 0.348. The van der Waals surface area contributed by atoms with E-state index in [1.165, 1.54) is 5.57 Å². The third-order valence-electron chi connectivity index (χ3n) is 2.52. The predicted octanol–water partition coefficient (Wildman–Crippen LogP) is 2.84. The highest BCUT2D eigenvalue weighted by molar-refractivity contribution is 5.39. The average Bonchev–Trinajstić information content (AvgIpc) is 2.16. The number of rotatable bonds is 3. The molecule has 1 N–H and O–H groups in total. The third kappa shape index (κ3) is 2.31. The van der Waals surface area contributed by atoms with Crippen LogP contribution in [0.25, 0.3) is 0 Å². The fourth-order valence-electron chi connectivity index (χ4n) is 1.70. The second kappa shape index (κ2) is 4.43. The molecule has 0 radical (unpaired) electrons. The highest BCUT2D eigenvalue weighted by atomic mass is 16.3. The van der Waals surface area contributed by atoms with Crippen LogP contribution in [-0.4, -0.2) is 11.2 Å². The Labute approximate surface area is 80.5 Å². The first-order chi connectivity index (χ1) is 6.16. The van der Waals surface area contributed by atoms with Crippen molar-refractivity contribution in [2.45, 2.75) is 32.8 Å². The van der Waals surface area contributed by atoms with Crippen LogP contribution < -0.4 is 0 Å². The molecule has 1 aliphatic carbocycles. The first-order valence-corrected chi connectivity index (χ1v) is 4.88. The van der Waals surface area contributed by atoms with Gasteiger partial charge in [0.05, 0.1) is 6.10 Å². The summed E-state index contributed by atoms with van der Waals surface area (Å²) in [7, 11) is 0. The minimum Gasteiger partial charge on any atom is -0.389 e. The molecule has 72 valence electrons. The van der Waals surface area contributed by atoms with Gasteiger partial charge in [0, 0.05) is 0 Å². The van der Waals surface area contributed by atoms with Gasteiger partial charge in [-0.2, -0.15) is 0 Å². The maximum absolute atomic E-state index is 9.55. The van der Waals surface area contributed by atoms with E-state index in [0.717, 1.165) is 18.4 Å². The molecule has 0 spiro atoms. The summed E-state index contributed by atoms with van der Waals surface area (Å²) < 4.78 is 0. The molecular weight excluding hydrogens is 160 g/mol. The van der Waals surface area contributed by atoms with Crippen LogP contribution in [0.5, 0.6) is 0 Å². The molecule has 0 fully saturated rings. The van der Waals surface area contributed by atoms with Crippen molar-refractivity contribution in [3.63, 3.8) is 0 Å². The molecule has 0 saturated heterocycles. The zero-order valence-corrected chi connectivity index (χ0v) is 8.46. The molecule has 1 heteroatoms. The van der Waals surface area contributed by atoms with E-state index in [2.05, 4.69) is 25.7 Å². The van der Waals surface area contributed by atoms with Gasteiger partial charge in [-0.3, -0.25) is 0 Å². The SMILES string of the molecule is C=C[C@H](C)C1=CCCC=C1C(C)O. The molecule has 1 rings (SSSR count). The fourth-order valence-corrected chi connectivity index (χ4v) is 1.70. The van der Waals surface area contributed by atoms with Gasteiger partial charge in [0.15, 0.2) is 0 Å². The summed E-state index contributed by atoms with van der Waals surface area (Å²) in [6.07, 6.45) is 8.06. The maximum Gasteiger partial charge on any atom is 0.0761 e. The zero-order valence-electron chi connectivity index (χ0n) is 8.46. The Morgan fingerprint density at radius 1 is 1.31 bits per heavy atom. The van der Waals surface area contributed by atoms with Crippen molar-refractivity contribution < 1.29 is 5.11 Å². The largest absolute Gasteiger partial charge is 0.389 e. The predicted molar refractivity (Wildman–Crippen MR) is 56.4 cm³/mol. The van der Waals surface area contributed by atoms with Gasteiger partial charge in [-0.25, -0.2) is 0 Å². The number of hydrogen-bond acceptors (Lipinski definition) is 1. The minimum absolute atomic E-state index is 0.348. The number of aliphatic hydroxyl groups excluding tert-OH is 1. The standard InChI is InChI=1S/C12H18O/c1-4-9(2)11-7-5-6-8-12(11)10(3)13/h4,7-10,13H,1,5-6H2,2-3H3/t9-,10?/m0/s1. The van der Waals surface area contributed by atoms with Crippen LogP contribution in [0.15, 0.2) is 36.0 Å². The maximum atomic E-state index is 9.55. The van der Waals surface area contributed by atoms with E-state index in [1.807, 2.05) is 13.0 Å². The van der Waals surface area contributed by atoms with Gasteiger partial charge in [-0.15, -0.1) is 6.58 Å². The van der Waals surface area contributed by atoms with Gasteiger partial charge in [0.1, 0.15) is 0 Å². The van der Waals surface area contributed by atoms with Gasteiger partial charge < -0.3 is 5.11 Å². The van der Waals surface area contributed by atoms with Crippen molar-refractivity contribution in [3.8, 4) is 0 Å². The van der Waals surface area contributed by atoms with Crippen molar-refractivity contribution >= 4 is 0 Å². The van der Waals surface area contributed by atoms with Gasteiger partial charge in [0.25, 0.3) is 0 Å². The highest BCUT2D eigenvalue weighted by Crippen LogP contribution is 2.28. The lowest BCUT2D eigenvalue weighted by Gasteiger charge is -2.21. The quantitative estimate of drug-likeness (QED) is 0.659. The summed E-state index contributed by atoms with van der Waals surface area (Å²) in [4.78, 5) is 0. The monoisotopic (exact) mass is 178 g/mol. The van der Waals surface area contributed by atoms with E-state index in [1.54, 1.807) is 0 Å². The van der Waals surface area contributed by atoms with E-state index in [-0.39, 0.29) is 6.10 Å². The van der Waals surface area contributed by atoms with Gasteiger partial charge in [-0.1, -0.05) is 25.2 Å². The van der Waals surface area contributed by atoms with E-state index >= 15 is 0 Å². The second-order valence-corrected chi connectivity index (χ2v) is 3.60. The lowest BCUT2D eigenvalue weighted by atomic mass is 9.86. The van der Waals surface area contributed by atoms with E-state index in [4.69, 9.17) is 0 Å². The second-order valence-electron chi connectivity index (χ2n) is 3.60. The van der Waals surface area contributed by atoms with Crippen LogP contribution in [-0.2, 0) is 0 Å². The smallest absolute Gasteiger partial charge is 0.0761 e. The topological polar surface area (TPSA) is 20.2 Å². The molecular formula is C12H18O. The molecule has 1 aliphatic rings. The molecule has 1 unspecified atom stereocenters. The van der Waals surface area contributed by atoms with Crippen LogP contribution in [0.3, 0.4) is 0 Å². The molecule has 0 aromatic carbocycles. The van der Waals surface area contributed by atoms with Crippen molar-refractivity contribution in [2.24, 2.45) is 5.92 Å². The number of allylic oxidation sites excluding steroid dienone is 3. The Kier molecular flexibility index (Phi) is 3.49. The van der Waals surface area contributed by atoms with Gasteiger partial charge in [0.2, 0.25) is 0 Å². The lowest BCUT2D eigenvalue weighted by Crippen LogP contribution is -2.13. The summed E-state index contributed by atoms with van der Waals surface area (Å²) >= 11 is 0. The Morgan fingerprint density at radius 2 is 1.85 bits per heavy atom. The molecule has 0 amide bonds. The zero-order chi connectivity index (χ0) is 9.84. The average molecular weight is 178 g/mol. The van der Waals surface area contributed by atoms with Gasteiger partial charge >= 0.3 is 0 Å². The number of hydrogen-bond donors (Lipinski definition) is 1. The molecule has 0 heterocycles. The molecule has 0 aliphatic heterocycles. The summed E-state index contributed by atoms with van der Waals surface area (Å²) in [5, 5.41) is 9.55. The Morgan fingerprint density at radius 3 is 2.31 bits per heavy atom. The van der Waals surface area contributed by atoms with E-state index in [9.17, 15) is 5.11 Å². The molecule has 1 nitrogen and oxygen atoms in total. The molecule has 0 bridgehead atoms. The van der Waals surface area contributed by atoms with Crippen LogP contribution >= 0.6 is 0 Å². The van der Waals surface area contributed by atoms with Crippen LogP contribution in [0, 0.1) is 5.92 Å². The van der Waals surface area contributed by atoms with E-state index < -0.39 is 0 Å². The van der Waals surface area contributed by atoms with Crippen molar-refractivity contribution in [2.75, 3.05) is 0 Å². The first-order valence-electron chi connectivity index (χ1n) is 4.88. The molecule has 0 saturated carbocycles. The molecule has 0 aromatic heterocycles. The fraction of sp³-hybridized carbons (Fsp3) is 0.500. The Bertz CT molecular complexity index is 246. The van der Waals surface area contributed by atoms with Crippen molar-refractivity contribution in [1.82, 2.24) is 0 Å². The third-order valence-corrected chi connectivity index (χ3v) is 2.52. The normalized spacial score (nSPS) is 21.5. The Hall–Kier alpha value is -0.820. The lowest BCUT2D eigenvalue weighted by molar-refractivity contribution is 0.231. The van der Waals surface area contributed by atoms with Gasteiger partial charge in [-0.05, 0) is 36.8 Å². The highest BCUT2D eigenvalue weighted by Gasteiger charge is 2.16. The van der Waals surface area contributed by atoms with Crippen molar-refractivity contribution in [3.05, 3.63) is 36.0 Å². The summed E-state index contributed by atoms with van der Waals surface area (Å²) in [5.41, 5.74) is 2.33. The Balaban J connectivity index is 2.87. The van der Waals surface area contributed by atoms with Crippen LogP contribution in [0.1, 0.15) is 26.7 Å². The van der Waals surface area contributed by atoms with Crippen molar-refractivity contribution in [1.29, 1.82) is 0 Å². The van der Waals surface area contributed by atoms with E-state index in [0.29, 0.717) is 5.92 Å². The molecule has 0 aromatic rings. The minimum atomic E-state index is -0.353.